The summed E-state index contributed by atoms with van der Waals surface area (Å²) in [6, 6.07) is 11.4. The number of nitrogens with one attached hydrogen (secondary N) is 1. The molecule has 2 N–H and O–H groups in total. The van der Waals surface area contributed by atoms with Crippen molar-refractivity contribution in [2.24, 2.45) is 0 Å². The Labute approximate surface area is 113 Å². The number of aromatic hydroxyl groups is 1. The van der Waals surface area contributed by atoms with Crippen LogP contribution in [0.3, 0.4) is 0 Å². The Morgan fingerprint density at radius 2 is 2.11 bits per heavy atom. The molecule has 2 rings (SSSR count). The summed E-state index contributed by atoms with van der Waals surface area (Å²) >= 11 is 0. The van der Waals surface area contributed by atoms with Crippen LogP contribution >= 0.6 is 0 Å². The molecule has 0 fully saturated rings. The van der Waals surface area contributed by atoms with Crippen LogP contribution in [0.1, 0.15) is 17.0 Å². The molecule has 1 aromatic heterocycles. The summed E-state index contributed by atoms with van der Waals surface area (Å²) in [5.74, 6) is 0.214. The molecule has 1 aromatic carbocycles. The number of ether oxygens (including phenoxy) is 1. The third-order valence-electron chi connectivity index (χ3n) is 2.79. The molecular weight excluding hydrogens is 240 g/mol. The van der Waals surface area contributed by atoms with Gasteiger partial charge in [-0.1, -0.05) is 12.1 Å². The fraction of sp³-hybridized carbons (Fsp3) is 0.267. The third kappa shape index (κ3) is 3.69. The van der Waals surface area contributed by atoms with E-state index in [0.717, 1.165) is 16.9 Å². The average molecular weight is 258 g/mol. The van der Waals surface area contributed by atoms with E-state index in [1.54, 1.807) is 19.2 Å². The molecule has 2 aromatic rings. The predicted octanol–water partition coefficient (Wildman–Crippen LogP) is 2.85. The lowest BCUT2D eigenvalue weighted by Gasteiger charge is -2.09. The van der Waals surface area contributed by atoms with E-state index in [0.29, 0.717) is 18.8 Å². The second-order valence-corrected chi connectivity index (χ2v) is 4.41. The Kier molecular flexibility index (Phi) is 4.36. The van der Waals surface area contributed by atoms with Gasteiger partial charge in [-0.25, -0.2) is 0 Å². The SMILES string of the molecule is COCc1cccc(NCc2nc(C)ccc2O)c1. The molecule has 0 aliphatic rings. The van der Waals surface area contributed by atoms with Crippen LogP contribution in [0.5, 0.6) is 5.75 Å². The molecule has 0 aliphatic heterocycles. The molecule has 0 bridgehead atoms. The predicted molar refractivity (Wildman–Crippen MR) is 75.1 cm³/mol. The molecule has 0 aliphatic carbocycles. The van der Waals surface area contributed by atoms with Gasteiger partial charge in [0.2, 0.25) is 0 Å². The number of anilines is 1. The van der Waals surface area contributed by atoms with Crippen molar-refractivity contribution in [2.75, 3.05) is 12.4 Å². The Bertz CT molecular complexity index is 556. The quantitative estimate of drug-likeness (QED) is 0.866. The minimum absolute atomic E-state index is 0.214. The van der Waals surface area contributed by atoms with Crippen LogP contribution < -0.4 is 5.32 Å². The summed E-state index contributed by atoms with van der Waals surface area (Å²) in [7, 11) is 1.68. The summed E-state index contributed by atoms with van der Waals surface area (Å²) in [4.78, 5) is 4.31. The zero-order chi connectivity index (χ0) is 13.7. The maximum Gasteiger partial charge on any atom is 0.138 e. The van der Waals surface area contributed by atoms with E-state index >= 15 is 0 Å². The number of hydrogen-bond donors (Lipinski definition) is 2. The maximum atomic E-state index is 9.73. The molecule has 0 amide bonds. The van der Waals surface area contributed by atoms with Gasteiger partial charge >= 0.3 is 0 Å². The number of benzene rings is 1. The number of methoxy groups -OCH3 is 1. The Hall–Kier alpha value is -2.07. The minimum atomic E-state index is 0.214. The lowest BCUT2D eigenvalue weighted by atomic mass is 10.2. The first-order valence-electron chi connectivity index (χ1n) is 6.16. The molecule has 0 radical (unpaired) electrons. The molecule has 100 valence electrons. The van der Waals surface area contributed by atoms with E-state index in [4.69, 9.17) is 4.74 Å². The highest BCUT2D eigenvalue weighted by atomic mass is 16.5. The molecule has 0 unspecified atom stereocenters. The topological polar surface area (TPSA) is 54.4 Å². The Morgan fingerprint density at radius 3 is 2.89 bits per heavy atom. The van der Waals surface area contributed by atoms with E-state index in [9.17, 15) is 5.11 Å². The molecule has 0 spiro atoms. The van der Waals surface area contributed by atoms with Crippen molar-refractivity contribution in [3.8, 4) is 5.75 Å². The standard InChI is InChI=1S/C15H18N2O2/c1-11-6-7-15(18)14(17-11)9-16-13-5-3-4-12(8-13)10-19-2/h3-8,16,18H,9-10H2,1-2H3. The number of pyridine rings is 1. The second-order valence-electron chi connectivity index (χ2n) is 4.41. The van der Waals surface area contributed by atoms with Gasteiger partial charge in [-0.2, -0.15) is 0 Å². The van der Waals surface area contributed by atoms with Crippen molar-refractivity contribution in [3.05, 3.63) is 53.3 Å². The van der Waals surface area contributed by atoms with E-state index in [1.165, 1.54) is 0 Å². The van der Waals surface area contributed by atoms with E-state index in [1.807, 2.05) is 31.2 Å². The fourth-order valence-corrected chi connectivity index (χ4v) is 1.86. The normalized spacial score (nSPS) is 10.4. The van der Waals surface area contributed by atoms with Crippen molar-refractivity contribution >= 4 is 5.69 Å². The van der Waals surface area contributed by atoms with Crippen LogP contribution in [0.4, 0.5) is 5.69 Å². The van der Waals surface area contributed by atoms with E-state index in [2.05, 4.69) is 10.3 Å². The lowest BCUT2D eigenvalue weighted by Crippen LogP contribution is -2.03. The average Bonchev–Trinajstić information content (AvgIpc) is 2.41. The van der Waals surface area contributed by atoms with Crippen LogP contribution in [0.25, 0.3) is 0 Å². The maximum absolute atomic E-state index is 9.73. The summed E-state index contributed by atoms with van der Waals surface area (Å²) in [5, 5.41) is 13.0. The Balaban J connectivity index is 2.05. The summed E-state index contributed by atoms with van der Waals surface area (Å²) < 4.78 is 5.10. The van der Waals surface area contributed by atoms with Crippen LogP contribution in [0.15, 0.2) is 36.4 Å². The van der Waals surface area contributed by atoms with Gasteiger partial charge in [0.25, 0.3) is 0 Å². The van der Waals surface area contributed by atoms with Gasteiger partial charge in [0.1, 0.15) is 11.4 Å². The molecule has 1 heterocycles. The van der Waals surface area contributed by atoms with Gasteiger partial charge in [0.05, 0.1) is 13.2 Å². The molecule has 0 atom stereocenters. The summed E-state index contributed by atoms with van der Waals surface area (Å²) in [6.45, 7) is 2.98. The van der Waals surface area contributed by atoms with Crippen LogP contribution in [-0.2, 0) is 17.9 Å². The van der Waals surface area contributed by atoms with Crippen molar-refractivity contribution in [2.45, 2.75) is 20.1 Å². The van der Waals surface area contributed by atoms with Crippen LogP contribution in [0, 0.1) is 6.92 Å². The van der Waals surface area contributed by atoms with Gasteiger partial charge in [-0.3, -0.25) is 4.98 Å². The van der Waals surface area contributed by atoms with Crippen LogP contribution in [0.2, 0.25) is 0 Å². The zero-order valence-electron chi connectivity index (χ0n) is 11.2. The first-order valence-corrected chi connectivity index (χ1v) is 6.16. The van der Waals surface area contributed by atoms with Gasteiger partial charge in [-0.05, 0) is 36.8 Å². The highest BCUT2D eigenvalue weighted by Gasteiger charge is 2.03. The lowest BCUT2D eigenvalue weighted by molar-refractivity contribution is 0.185. The van der Waals surface area contributed by atoms with Crippen molar-refractivity contribution < 1.29 is 9.84 Å². The van der Waals surface area contributed by atoms with Crippen molar-refractivity contribution in [1.29, 1.82) is 0 Å². The van der Waals surface area contributed by atoms with Crippen molar-refractivity contribution in [3.63, 3.8) is 0 Å². The largest absolute Gasteiger partial charge is 0.506 e. The zero-order valence-corrected chi connectivity index (χ0v) is 11.2. The number of hydrogen-bond acceptors (Lipinski definition) is 4. The number of aryl methyl sites for hydroxylation is 1. The monoisotopic (exact) mass is 258 g/mol. The fourth-order valence-electron chi connectivity index (χ4n) is 1.86. The van der Waals surface area contributed by atoms with Crippen molar-refractivity contribution in [1.82, 2.24) is 4.98 Å². The summed E-state index contributed by atoms with van der Waals surface area (Å²) in [6.07, 6.45) is 0. The first-order chi connectivity index (χ1) is 9.19. The van der Waals surface area contributed by atoms with Gasteiger partial charge in [0.15, 0.2) is 0 Å². The van der Waals surface area contributed by atoms with E-state index < -0.39 is 0 Å². The molecule has 0 saturated carbocycles. The molecule has 19 heavy (non-hydrogen) atoms. The second kappa shape index (κ2) is 6.20. The molecule has 4 nitrogen and oxygen atoms in total. The highest BCUT2D eigenvalue weighted by molar-refractivity contribution is 5.46. The first kappa shape index (κ1) is 13.4. The molecule has 4 heteroatoms. The van der Waals surface area contributed by atoms with E-state index in [-0.39, 0.29) is 5.75 Å². The number of aromatic nitrogens is 1. The molecule has 0 saturated heterocycles. The van der Waals surface area contributed by atoms with Gasteiger partial charge in [-0.15, -0.1) is 0 Å². The third-order valence-corrected chi connectivity index (χ3v) is 2.79. The van der Waals surface area contributed by atoms with Gasteiger partial charge in [0, 0.05) is 18.5 Å². The number of nitrogens with zero attached hydrogens (tertiary/aromatic N) is 1. The minimum Gasteiger partial charge on any atom is -0.506 e. The smallest absolute Gasteiger partial charge is 0.138 e. The number of rotatable bonds is 5. The molecular formula is C15H18N2O2. The van der Waals surface area contributed by atoms with Crippen LogP contribution in [-0.4, -0.2) is 17.2 Å². The summed E-state index contributed by atoms with van der Waals surface area (Å²) in [5.41, 5.74) is 3.63. The van der Waals surface area contributed by atoms with Gasteiger partial charge < -0.3 is 15.2 Å². The Morgan fingerprint density at radius 1 is 1.26 bits per heavy atom. The highest BCUT2D eigenvalue weighted by Crippen LogP contribution is 2.17.